The molecule has 12 heavy (non-hydrogen) atoms. The summed E-state index contributed by atoms with van der Waals surface area (Å²) in [5.74, 6) is 0.235. The van der Waals surface area contributed by atoms with Crippen LogP contribution in [-0.2, 0) is 4.79 Å². The maximum atomic E-state index is 11.1. The van der Waals surface area contributed by atoms with Gasteiger partial charge in [-0.1, -0.05) is 6.42 Å². The third-order valence-corrected chi connectivity index (χ3v) is 2.68. The number of hydrogen-bond acceptors (Lipinski definition) is 2. The number of nitrogens with one attached hydrogen (secondary N) is 2. The van der Waals surface area contributed by atoms with Gasteiger partial charge in [0.25, 0.3) is 0 Å². The highest BCUT2D eigenvalue weighted by Gasteiger charge is 2.33. The number of rotatable bonds is 0. The molecule has 3 amide bonds. The molecule has 2 unspecified atom stereocenters. The Balaban J connectivity index is 2.12. The van der Waals surface area contributed by atoms with Gasteiger partial charge in [0.2, 0.25) is 5.91 Å². The molecule has 4 nitrogen and oxygen atoms in total. The van der Waals surface area contributed by atoms with Gasteiger partial charge in [0.15, 0.2) is 0 Å². The molecule has 2 N–H and O–H groups in total. The van der Waals surface area contributed by atoms with E-state index in [0.717, 1.165) is 19.3 Å². The van der Waals surface area contributed by atoms with E-state index in [-0.39, 0.29) is 18.0 Å². The molecule has 1 saturated carbocycles. The largest absolute Gasteiger partial charge is 0.335 e. The molecule has 2 aliphatic rings. The number of urea groups is 1. The summed E-state index contributed by atoms with van der Waals surface area (Å²) in [4.78, 5) is 22.1. The van der Waals surface area contributed by atoms with E-state index < -0.39 is 0 Å². The maximum absolute atomic E-state index is 11.1. The standard InChI is InChI=1S/C8H12N2O2/c11-7-4-5-2-1-3-6(5)9-8(12)10-7/h5-6H,1-4H2,(H2,9,10,11,12). The summed E-state index contributed by atoms with van der Waals surface area (Å²) in [5, 5.41) is 5.08. The first-order valence-corrected chi connectivity index (χ1v) is 4.36. The Morgan fingerprint density at radius 3 is 2.92 bits per heavy atom. The predicted octanol–water partition coefficient (Wildman–Crippen LogP) is 0.385. The zero-order chi connectivity index (χ0) is 8.55. The minimum Gasteiger partial charge on any atom is -0.335 e. The third kappa shape index (κ3) is 1.29. The molecule has 1 saturated heterocycles. The molecule has 2 fully saturated rings. The molecule has 2 atom stereocenters. The van der Waals surface area contributed by atoms with E-state index >= 15 is 0 Å². The number of amides is 3. The lowest BCUT2D eigenvalue weighted by Crippen LogP contribution is -2.40. The van der Waals surface area contributed by atoms with Crippen LogP contribution in [0.25, 0.3) is 0 Å². The molecule has 0 bridgehead atoms. The minimum atomic E-state index is -0.325. The molecular weight excluding hydrogens is 156 g/mol. The van der Waals surface area contributed by atoms with Crippen LogP contribution in [0.15, 0.2) is 0 Å². The van der Waals surface area contributed by atoms with Crippen molar-refractivity contribution in [2.75, 3.05) is 0 Å². The second-order valence-corrected chi connectivity index (χ2v) is 3.52. The van der Waals surface area contributed by atoms with E-state index in [1.807, 2.05) is 0 Å². The summed E-state index contributed by atoms with van der Waals surface area (Å²) in [6, 6.07) is -0.0918. The van der Waals surface area contributed by atoms with Gasteiger partial charge in [0.05, 0.1) is 0 Å². The van der Waals surface area contributed by atoms with Crippen LogP contribution in [0, 0.1) is 5.92 Å². The van der Waals surface area contributed by atoms with Gasteiger partial charge >= 0.3 is 6.03 Å². The fourth-order valence-corrected chi connectivity index (χ4v) is 2.09. The van der Waals surface area contributed by atoms with Gasteiger partial charge in [-0.3, -0.25) is 10.1 Å². The first-order chi connectivity index (χ1) is 5.75. The normalized spacial score (nSPS) is 35.0. The Morgan fingerprint density at radius 1 is 1.25 bits per heavy atom. The highest BCUT2D eigenvalue weighted by molar-refractivity contribution is 5.95. The minimum absolute atomic E-state index is 0.137. The number of fused-ring (bicyclic) bond motifs is 1. The second kappa shape index (κ2) is 2.77. The van der Waals surface area contributed by atoms with E-state index in [0.29, 0.717) is 12.3 Å². The Morgan fingerprint density at radius 2 is 2.08 bits per heavy atom. The van der Waals surface area contributed by atoms with Crippen molar-refractivity contribution in [2.24, 2.45) is 5.92 Å². The molecule has 0 aromatic carbocycles. The highest BCUT2D eigenvalue weighted by Crippen LogP contribution is 2.29. The first-order valence-electron chi connectivity index (χ1n) is 4.36. The quantitative estimate of drug-likeness (QED) is 0.549. The second-order valence-electron chi connectivity index (χ2n) is 3.52. The molecule has 1 heterocycles. The molecule has 66 valence electrons. The average Bonchev–Trinajstić information content (AvgIpc) is 2.31. The molecular formula is C8H12N2O2. The molecule has 1 aliphatic heterocycles. The van der Waals surface area contributed by atoms with Crippen molar-refractivity contribution in [2.45, 2.75) is 31.7 Å². The fourth-order valence-electron chi connectivity index (χ4n) is 2.09. The van der Waals surface area contributed by atoms with E-state index in [1.165, 1.54) is 0 Å². The smallest absolute Gasteiger partial charge is 0.321 e. The van der Waals surface area contributed by atoms with Crippen LogP contribution in [0.1, 0.15) is 25.7 Å². The molecule has 0 radical (unpaired) electrons. The van der Waals surface area contributed by atoms with Gasteiger partial charge in [-0.2, -0.15) is 0 Å². The Kier molecular flexibility index (Phi) is 1.75. The first kappa shape index (κ1) is 7.58. The van der Waals surface area contributed by atoms with Crippen LogP contribution >= 0.6 is 0 Å². The Labute approximate surface area is 70.7 Å². The molecule has 0 aromatic heterocycles. The van der Waals surface area contributed by atoms with Gasteiger partial charge in [-0.15, -0.1) is 0 Å². The van der Waals surface area contributed by atoms with Gasteiger partial charge in [0, 0.05) is 12.5 Å². The lowest BCUT2D eigenvalue weighted by molar-refractivity contribution is -0.120. The number of hydrogen-bond donors (Lipinski definition) is 2. The van der Waals surface area contributed by atoms with E-state index in [9.17, 15) is 9.59 Å². The van der Waals surface area contributed by atoms with E-state index in [2.05, 4.69) is 10.6 Å². The van der Waals surface area contributed by atoms with Crippen LogP contribution in [-0.4, -0.2) is 18.0 Å². The summed E-state index contributed by atoms with van der Waals surface area (Å²) < 4.78 is 0. The van der Waals surface area contributed by atoms with Crippen molar-refractivity contribution in [1.29, 1.82) is 0 Å². The fraction of sp³-hybridized carbons (Fsp3) is 0.750. The Bertz CT molecular complexity index is 205. The van der Waals surface area contributed by atoms with Gasteiger partial charge in [-0.25, -0.2) is 4.79 Å². The summed E-state index contributed by atoms with van der Waals surface area (Å²) in [6.45, 7) is 0. The lowest BCUT2D eigenvalue weighted by Gasteiger charge is -2.14. The van der Waals surface area contributed by atoms with Crippen LogP contribution in [0.2, 0.25) is 0 Å². The molecule has 2 rings (SSSR count). The van der Waals surface area contributed by atoms with Crippen molar-refractivity contribution in [3.8, 4) is 0 Å². The summed E-state index contributed by atoms with van der Waals surface area (Å²) in [5.41, 5.74) is 0. The highest BCUT2D eigenvalue weighted by atomic mass is 16.2. The monoisotopic (exact) mass is 168 g/mol. The topological polar surface area (TPSA) is 58.2 Å². The van der Waals surface area contributed by atoms with E-state index in [4.69, 9.17) is 0 Å². The number of carbonyl (C=O) groups excluding carboxylic acids is 2. The SMILES string of the molecule is O=C1CC2CCCC2NC(=O)N1. The van der Waals surface area contributed by atoms with Crippen LogP contribution < -0.4 is 10.6 Å². The number of imide groups is 1. The van der Waals surface area contributed by atoms with Gasteiger partial charge < -0.3 is 5.32 Å². The van der Waals surface area contributed by atoms with Crippen molar-refractivity contribution in [3.05, 3.63) is 0 Å². The van der Waals surface area contributed by atoms with E-state index in [1.54, 1.807) is 0 Å². The lowest BCUT2D eigenvalue weighted by atomic mass is 10.0. The molecule has 4 heteroatoms. The molecule has 1 aliphatic carbocycles. The van der Waals surface area contributed by atoms with Crippen molar-refractivity contribution in [3.63, 3.8) is 0 Å². The predicted molar refractivity (Wildman–Crippen MR) is 42.4 cm³/mol. The van der Waals surface area contributed by atoms with Gasteiger partial charge in [0.1, 0.15) is 0 Å². The summed E-state index contributed by atoms with van der Waals surface area (Å²) >= 11 is 0. The van der Waals surface area contributed by atoms with Crippen molar-refractivity contribution >= 4 is 11.9 Å². The summed E-state index contributed by atoms with van der Waals surface area (Å²) in [6.07, 6.45) is 3.72. The summed E-state index contributed by atoms with van der Waals surface area (Å²) in [7, 11) is 0. The maximum Gasteiger partial charge on any atom is 0.321 e. The van der Waals surface area contributed by atoms with Crippen molar-refractivity contribution in [1.82, 2.24) is 10.6 Å². The number of carbonyl (C=O) groups is 2. The molecule has 0 spiro atoms. The van der Waals surface area contributed by atoms with Crippen LogP contribution in [0.3, 0.4) is 0 Å². The van der Waals surface area contributed by atoms with Crippen LogP contribution in [0.4, 0.5) is 4.79 Å². The third-order valence-electron chi connectivity index (χ3n) is 2.68. The van der Waals surface area contributed by atoms with Gasteiger partial charge in [-0.05, 0) is 18.8 Å². The zero-order valence-corrected chi connectivity index (χ0v) is 6.80. The average molecular weight is 168 g/mol. The zero-order valence-electron chi connectivity index (χ0n) is 6.80. The van der Waals surface area contributed by atoms with Crippen LogP contribution in [0.5, 0.6) is 0 Å². The molecule has 0 aromatic rings. The van der Waals surface area contributed by atoms with Crippen molar-refractivity contribution < 1.29 is 9.59 Å². The Hall–Kier alpha value is -1.06.